The molecule has 6 heteroatoms. The minimum Gasteiger partial charge on any atom is -0.508 e. The summed E-state index contributed by atoms with van der Waals surface area (Å²) in [5.74, 6) is 0.00922. The van der Waals surface area contributed by atoms with Crippen molar-refractivity contribution in [3.63, 3.8) is 0 Å². The SMILES string of the molecule is Cl.N[C@H](CCC(F)(F)F)c1cccc(O)c1. The van der Waals surface area contributed by atoms with Gasteiger partial charge in [0, 0.05) is 12.5 Å². The lowest BCUT2D eigenvalue weighted by atomic mass is 10.0. The van der Waals surface area contributed by atoms with E-state index in [1.165, 1.54) is 12.1 Å². The summed E-state index contributed by atoms with van der Waals surface area (Å²) < 4.78 is 35.7. The molecule has 1 atom stereocenters. The van der Waals surface area contributed by atoms with Crippen molar-refractivity contribution in [3.05, 3.63) is 29.8 Å². The second-order valence-electron chi connectivity index (χ2n) is 3.36. The first-order valence-corrected chi connectivity index (χ1v) is 4.50. The Bertz CT molecular complexity index is 330. The zero-order valence-corrected chi connectivity index (χ0v) is 9.18. The molecule has 0 radical (unpaired) electrons. The molecule has 0 amide bonds. The predicted molar refractivity (Wildman–Crippen MR) is 57.6 cm³/mol. The van der Waals surface area contributed by atoms with Crippen molar-refractivity contribution in [2.45, 2.75) is 25.1 Å². The number of nitrogens with two attached hydrogens (primary N) is 1. The van der Waals surface area contributed by atoms with Crippen LogP contribution in [-0.4, -0.2) is 11.3 Å². The predicted octanol–water partition coefficient (Wildman–Crippen LogP) is 3.16. The Morgan fingerprint density at radius 3 is 2.44 bits per heavy atom. The van der Waals surface area contributed by atoms with E-state index in [0.29, 0.717) is 5.56 Å². The quantitative estimate of drug-likeness (QED) is 0.872. The smallest absolute Gasteiger partial charge is 0.389 e. The lowest BCUT2D eigenvalue weighted by Gasteiger charge is -2.13. The van der Waals surface area contributed by atoms with Gasteiger partial charge in [-0.1, -0.05) is 12.1 Å². The van der Waals surface area contributed by atoms with Gasteiger partial charge >= 0.3 is 6.18 Å². The third kappa shape index (κ3) is 5.23. The van der Waals surface area contributed by atoms with Crippen LogP contribution in [0, 0.1) is 0 Å². The summed E-state index contributed by atoms with van der Waals surface area (Å²) in [6.45, 7) is 0. The summed E-state index contributed by atoms with van der Waals surface area (Å²) in [6, 6.07) is 5.28. The Hall–Kier alpha value is -0.940. The monoisotopic (exact) mass is 255 g/mol. The highest BCUT2D eigenvalue weighted by Crippen LogP contribution is 2.27. The zero-order valence-electron chi connectivity index (χ0n) is 8.37. The van der Waals surface area contributed by atoms with Gasteiger partial charge in [-0.3, -0.25) is 0 Å². The largest absolute Gasteiger partial charge is 0.508 e. The van der Waals surface area contributed by atoms with Crippen LogP contribution in [0.4, 0.5) is 13.2 Å². The van der Waals surface area contributed by atoms with Crippen molar-refractivity contribution in [3.8, 4) is 5.75 Å². The van der Waals surface area contributed by atoms with Gasteiger partial charge in [-0.15, -0.1) is 12.4 Å². The van der Waals surface area contributed by atoms with Crippen molar-refractivity contribution in [1.82, 2.24) is 0 Å². The number of benzene rings is 1. The van der Waals surface area contributed by atoms with Crippen LogP contribution in [0.25, 0.3) is 0 Å². The number of alkyl halides is 3. The van der Waals surface area contributed by atoms with Gasteiger partial charge in [0.25, 0.3) is 0 Å². The summed E-state index contributed by atoms with van der Waals surface area (Å²) in [7, 11) is 0. The molecule has 92 valence electrons. The molecule has 1 rings (SSSR count). The third-order valence-electron chi connectivity index (χ3n) is 2.04. The fourth-order valence-corrected chi connectivity index (χ4v) is 1.24. The van der Waals surface area contributed by atoms with E-state index in [4.69, 9.17) is 10.8 Å². The topological polar surface area (TPSA) is 46.2 Å². The number of hydrogen-bond donors (Lipinski definition) is 2. The van der Waals surface area contributed by atoms with Gasteiger partial charge in [0.05, 0.1) is 0 Å². The van der Waals surface area contributed by atoms with E-state index in [0.717, 1.165) is 0 Å². The first kappa shape index (κ1) is 15.1. The van der Waals surface area contributed by atoms with E-state index in [1.54, 1.807) is 12.1 Å². The molecule has 1 aromatic rings. The molecule has 0 bridgehead atoms. The number of phenols is 1. The number of aromatic hydroxyl groups is 1. The molecule has 0 heterocycles. The van der Waals surface area contributed by atoms with Crippen LogP contribution >= 0.6 is 12.4 Å². The fraction of sp³-hybridized carbons (Fsp3) is 0.400. The molecular formula is C10H13ClF3NO. The van der Waals surface area contributed by atoms with Gasteiger partial charge in [-0.2, -0.15) is 13.2 Å². The standard InChI is InChI=1S/C10H12F3NO.ClH/c11-10(12,13)5-4-9(14)7-2-1-3-8(15)6-7;/h1-3,6,9,15H,4-5,14H2;1H/t9-;/m1./s1. The Morgan fingerprint density at radius 1 is 1.31 bits per heavy atom. The van der Waals surface area contributed by atoms with Crippen LogP contribution in [-0.2, 0) is 0 Å². The van der Waals surface area contributed by atoms with Crippen molar-refractivity contribution in [2.75, 3.05) is 0 Å². The first-order valence-electron chi connectivity index (χ1n) is 4.50. The maximum atomic E-state index is 11.9. The molecule has 0 aromatic heterocycles. The van der Waals surface area contributed by atoms with Gasteiger partial charge in [0.15, 0.2) is 0 Å². The van der Waals surface area contributed by atoms with E-state index >= 15 is 0 Å². The summed E-state index contributed by atoms with van der Waals surface area (Å²) in [4.78, 5) is 0. The summed E-state index contributed by atoms with van der Waals surface area (Å²) >= 11 is 0. The van der Waals surface area contributed by atoms with Crippen LogP contribution in [0.3, 0.4) is 0 Å². The van der Waals surface area contributed by atoms with Gasteiger partial charge in [-0.05, 0) is 24.1 Å². The van der Waals surface area contributed by atoms with Gasteiger partial charge < -0.3 is 10.8 Å². The van der Waals surface area contributed by atoms with Crippen LogP contribution in [0.1, 0.15) is 24.4 Å². The molecular weight excluding hydrogens is 243 g/mol. The molecule has 0 aliphatic carbocycles. The van der Waals surface area contributed by atoms with Crippen molar-refractivity contribution in [1.29, 1.82) is 0 Å². The number of phenolic OH excluding ortho intramolecular Hbond substituents is 1. The second-order valence-corrected chi connectivity index (χ2v) is 3.36. The maximum Gasteiger partial charge on any atom is 0.389 e. The molecule has 0 unspecified atom stereocenters. The summed E-state index contributed by atoms with van der Waals surface area (Å²) in [5.41, 5.74) is 6.07. The Kier molecular flexibility index (Phi) is 5.61. The Balaban J connectivity index is 0.00000225. The van der Waals surface area contributed by atoms with Crippen LogP contribution < -0.4 is 5.73 Å². The highest BCUT2D eigenvalue weighted by atomic mass is 35.5. The second kappa shape index (κ2) is 5.96. The van der Waals surface area contributed by atoms with E-state index in [1.807, 2.05) is 0 Å². The third-order valence-corrected chi connectivity index (χ3v) is 2.04. The minimum atomic E-state index is -4.19. The lowest BCUT2D eigenvalue weighted by molar-refractivity contribution is -0.136. The van der Waals surface area contributed by atoms with Gasteiger partial charge in [0.1, 0.15) is 5.75 Å². The highest BCUT2D eigenvalue weighted by Gasteiger charge is 2.27. The summed E-state index contributed by atoms with van der Waals surface area (Å²) in [6.07, 6.45) is -5.27. The molecule has 3 N–H and O–H groups in total. The Labute approximate surface area is 97.7 Å². The average molecular weight is 256 g/mol. The van der Waals surface area contributed by atoms with Gasteiger partial charge in [0.2, 0.25) is 0 Å². The van der Waals surface area contributed by atoms with Crippen molar-refractivity contribution < 1.29 is 18.3 Å². The van der Waals surface area contributed by atoms with Crippen molar-refractivity contribution >= 4 is 12.4 Å². The summed E-state index contributed by atoms with van der Waals surface area (Å²) in [5, 5.41) is 9.11. The molecule has 0 spiro atoms. The van der Waals surface area contributed by atoms with Crippen LogP contribution in [0.5, 0.6) is 5.75 Å². The van der Waals surface area contributed by atoms with Crippen LogP contribution in [0.15, 0.2) is 24.3 Å². The zero-order chi connectivity index (χ0) is 11.5. The van der Waals surface area contributed by atoms with Crippen LogP contribution in [0.2, 0.25) is 0 Å². The number of halogens is 4. The molecule has 1 aromatic carbocycles. The number of hydrogen-bond acceptors (Lipinski definition) is 2. The minimum absolute atomic E-state index is 0. The first-order chi connectivity index (χ1) is 6.88. The molecule has 0 fully saturated rings. The van der Waals surface area contributed by atoms with Gasteiger partial charge in [-0.25, -0.2) is 0 Å². The molecule has 0 saturated heterocycles. The lowest BCUT2D eigenvalue weighted by Crippen LogP contribution is -2.15. The van der Waals surface area contributed by atoms with E-state index in [9.17, 15) is 13.2 Å². The van der Waals surface area contributed by atoms with E-state index < -0.39 is 18.6 Å². The molecule has 2 nitrogen and oxygen atoms in total. The maximum absolute atomic E-state index is 11.9. The number of rotatable bonds is 3. The van der Waals surface area contributed by atoms with E-state index in [-0.39, 0.29) is 24.6 Å². The normalized spacial score (nSPS) is 13.0. The molecule has 16 heavy (non-hydrogen) atoms. The molecule has 0 saturated carbocycles. The highest BCUT2D eigenvalue weighted by molar-refractivity contribution is 5.85. The van der Waals surface area contributed by atoms with Crippen molar-refractivity contribution in [2.24, 2.45) is 5.73 Å². The average Bonchev–Trinajstić information content (AvgIpc) is 2.13. The molecule has 0 aliphatic heterocycles. The molecule has 0 aliphatic rings. The van der Waals surface area contributed by atoms with E-state index in [2.05, 4.69) is 0 Å². The fourth-order valence-electron chi connectivity index (χ4n) is 1.24. The Morgan fingerprint density at radius 2 is 1.94 bits per heavy atom.